The summed E-state index contributed by atoms with van der Waals surface area (Å²) in [7, 11) is 0. The number of hydrogen-bond donors (Lipinski definition) is 2. The van der Waals surface area contributed by atoms with Crippen LogP contribution < -0.4 is 11.5 Å². The molecule has 4 nitrogen and oxygen atoms in total. The number of hydrogen-bond acceptors (Lipinski definition) is 2. The Labute approximate surface area is 119 Å². The maximum Gasteiger partial charge on any atom is 0.232 e. The van der Waals surface area contributed by atoms with Gasteiger partial charge in [0.25, 0.3) is 0 Å². The zero-order valence-electron chi connectivity index (χ0n) is 11.7. The first kappa shape index (κ1) is 14.6. The van der Waals surface area contributed by atoms with E-state index in [9.17, 15) is 9.59 Å². The van der Waals surface area contributed by atoms with Gasteiger partial charge in [-0.1, -0.05) is 49.9 Å². The molecule has 20 heavy (non-hydrogen) atoms. The summed E-state index contributed by atoms with van der Waals surface area (Å²) in [5.74, 6) is -0.460. The van der Waals surface area contributed by atoms with E-state index < -0.39 is 5.41 Å². The lowest BCUT2D eigenvalue weighted by Crippen LogP contribution is -2.29. The molecule has 0 fully saturated rings. The highest BCUT2D eigenvalue weighted by molar-refractivity contribution is 5.98. The molecule has 4 heteroatoms. The third-order valence-corrected chi connectivity index (χ3v) is 4.18. The minimum Gasteiger partial charge on any atom is -0.370 e. The Bertz CT molecular complexity index is 488. The van der Waals surface area contributed by atoms with Gasteiger partial charge >= 0.3 is 0 Å². The Morgan fingerprint density at radius 3 is 2.00 bits per heavy atom. The minimum atomic E-state index is -0.489. The summed E-state index contributed by atoms with van der Waals surface area (Å²) in [5, 5.41) is 0. The Morgan fingerprint density at radius 2 is 1.45 bits per heavy atom. The number of primary amides is 2. The van der Waals surface area contributed by atoms with E-state index in [1.165, 1.54) is 0 Å². The van der Waals surface area contributed by atoms with Crippen molar-refractivity contribution in [1.29, 1.82) is 0 Å². The number of unbranched alkanes of at least 4 members (excludes halogenated alkanes) is 4. The molecule has 1 aromatic carbocycles. The molecule has 4 N–H and O–H groups in total. The Hall–Kier alpha value is -1.84. The van der Waals surface area contributed by atoms with Crippen LogP contribution in [-0.4, -0.2) is 11.8 Å². The van der Waals surface area contributed by atoms with Gasteiger partial charge in [-0.05, 0) is 24.0 Å². The molecule has 0 spiro atoms. The van der Waals surface area contributed by atoms with Gasteiger partial charge in [-0.3, -0.25) is 9.59 Å². The molecular weight excluding hydrogens is 252 g/mol. The van der Waals surface area contributed by atoms with Crippen molar-refractivity contribution < 1.29 is 9.59 Å². The van der Waals surface area contributed by atoms with Crippen molar-refractivity contribution in [3.63, 3.8) is 0 Å². The first-order valence-corrected chi connectivity index (χ1v) is 7.27. The second-order valence-electron chi connectivity index (χ2n) is 5.55. The van der Waals surface area contributed by atoms with Crippen LogP contribution in [0.15, 0.2) is 24.3 Å². The van der Waals surface area contributed by atoms with E-state index >= 15 is 0 Å². The number of carbonyl (C=O) groups excluding carboxylic acids is 2. The summed E-state index contributed by atoms with van der Waals surface area (Å²) in [5.41, 5.74) is 12.4. The van der Waals surface area contributed by atoms with E-state index in [2.05, 4.69) is 0 Å². The lowest BCUT2D eigenvalue weighted by molar-refractivity contribution is -0.121. The van der Waals surface area contributed by atoms with Crippen LogP contribution in [0.3, 0.4) is 0 Å². The highest BCUT2D eigenvalue weighted by Gasteiger charge is 2.54. The fourth-order valence-corrected chi connectivity index (χ4v) is 3.01. The fraction of sp³-hybridized carbons (Fsp3) is 0.500. The molecule has 0 bridgehead atoms. The molecule has 0 saturated heterocycles. The van der Waals surface area contributed by atoms with E-state index in [1.54, 1.807) is 0 Å². The van der Waals surface area contributed by atoms with Crippen LogP contribution in [0.25, 0.3) is 0 Å². The van der Waals surface area contributed by atoms with Crippen molar-refractivity contribution in [3.8, 4) is 0 Å². The number of benzene rings is 1. The average Bonchev–Trinajstić information content (AvgIpc) is 3.07. The molecular formula is C16H22N2O2. The topological polar surface area (TPSA) is 86.2 Å². The van der Waals surface area contributed by atoms with Crippen LogP contribution in [0.2, 0.25) is 0 Å². The predicted molar refractivity (Wildman–Crippen MR) is 77.9 cm³/mol. The van der Waals surface area contributed by atoms with Crippen molar-refractivity contribution >= 4 is 11.8 Å². The van der Waals surface area contributed by atoms with Crippen LogP contribution in [0.1, 0.15) is 56.1 Å². The summed E-state index contributed by atoms with van der Waals surface area (Å²) < 4.78 is 0. The maximum atomic E-state index is 11.8. The smallest absolute Gasteiger partial charge is 0.232 e. The van der Waals surface area contributed by atoms with Gasteiger partial charge in [0.1, 0.15) is 0 Å². The summed E-state index contributed by atoms with van der Waals surface area (Å²) in [6.07, 6.45) is 6.25. The van der Waals surface area contributed by atoms with Crippen LogP contribution >= 0.6 is 0 Å². The standard InChI is InChI=1S/C16H22N2O2/c17-14(19)10-4-2-1-3-7-11-16(15(18)20)12-8-5-6-9-13(12)16/h5-6,8-9H,1-4,7,10-11H2,(H2,17,19)(H2,18,20). The van der Waals surface area contributed by atoms with Crippen molar-refractivity contribution in [2.45, 2.75) is 50.4 Å². The van der Waals surface area contributed by atoms with Gasteiger partial charge in [0.2, 0.25) is 11.8 Å². The number of carbonyl (C=O) groups is 2. The highest BCUT2D eigenvalue weighted by atomic mass is 16.1. The third kappa shape index (κ3) is 2.84. The van der Waals surface area contributed by atoms with Gasteiger partial charge in [-0.2, -0.15) is 0 Å². The Morgan fingerprint density at radius 1 is 0.900 bits per heavy atom. The summed E-state index contributed by atoms with van der Waals surface area (Å²) in [6, 6.07) is 7.89. The number of nitrogens with two attached hydrogens (primary N) is 2. The second-order valence-corrected chi connectivity index (χ2v) is 5.55. The molecule has 0 atom stereocenters. The molecule has 0 aromatic heterocycles. The molecule has 2 rings (SSSR count). The average molecular weight is 274 g/mol. The summed E-state index contributed by atoms with van der Waals surface area (Å²) in [6.45, 7) is 0. The van der Waals surface area contributed by atoms with Gasteiger partial charge < -0.3 is 11.5 Å². The molecule has 0 aliphatic heterocycles. The molecule has 1 aliphatic carbocycles. The van der Waals surface area contributed by atoms with Crippen molar-refractivity contribution in [3.05, 3.63) is 35.4 Å². The first-order valence-electron chi connectivity index (χ1n) is 7.27. The third-order valence-electron chi connectivity index (χ3n) is 4.18. The Balaban J connectivity index is 1.71. The zero-order chi connectivity index (χ0) is 14.6. The van der Waals surface area contributed by atoms with Crippen molar-refractivity contribution in [2.75, 3.05) is 0 Å². The van der Waals surface area contributed by atoms with E-state index in [0.717, 1.165) is 49.7 Å². The summed E-state index contributed by atoms with van der Waals surface area (Å²) in [4.78, 5) is 22.4. The quantitative estimate of drug-likeness (QED) is 0.675. The van der Waals surface area contributed by atoms with Crippen molar-refractivity contribution in [2.24, 2.45) is 11.5 Å². The second kappa shape index (κ2) is 6.07. The molecule has 0 saturated carbocycles. The molecule has 1 aromatic rings. The number of amides is 2. The molecule has 108 valence electrons. The Kier molecular flexibility index (Phi) is 4.42. The van der Waals surface area contributed by atoms with Crippen LogP contribution in [0, 0.1) is 0 Å². The SMILES string of the molecule is NC(=O)CCCCCCCC1(C(N)=O)c2ccccc21. The highest BCUT2D eigenvalue weighted by Crippen LogP contribution is 2.52. The molecule has 0 radical (unpaired) electrons. The van der Waals surface area contributed by atoms with Crippen molar-refractivity contribution in [1.82, 2.24) is 0 Å². The lowest BCUT2D eigenvalue weighted by Gasteiger charge is -2.11. The van der Waals surface area contributed by atoms with Gasteiger partial charge in [0, 0.05) is 6.42 Å². The molecule has 0 unspecified atom stereocenters. The van der Waals surface area contributed by atoms with E-state index in [-0.39, 0.29) is 11.8 Å². The molecule has 2 amide bonds. The van der Waals surface area contributed by atoms with Gasteiger partial charge in [0.05, 0.1) is 5.41 Å². The largest absolute Gasteiger partial charge is 0.370 e. The number of fused-ring (bicyclic) bond motifs is 1. The monoisotopic (exact) mass is 274 g/mol. The minimum absolute atomic E-state index is 0.229. The van der Waals surface area contributed by atoms with E-state index in [0.29, 0.717) is 6.42 Å². The van der Waals surface area contributed by atoms with Crippen LogP contribution in [0.4, 0.5) is 0 Å². The van der Waals surface area contributed by atoms with Gasteiger partial charge in [-0.15, -0.1) is 0 Å². The first-order chi connectivity index (χ1) is 9.59. The predicted octanol–water partition coefficient (Wildman–Crippen LogP) is 1.99. The van der Waals surface area contributed by atoms with Gasteiger partial charge in [-0.25, -0.2) is 0 Å². The maximum absolute atomic E-state index is 11.8. The number of rotatable bonds is 9. The van der Waals surface area contributed by atoms with Crippen LogP contribution in [0.5, 0.6) is 0 Å². The lowest BCUT2D eigenvalue weighted by atomic mass is 9.92. The fourth-order valence-electron chi connectivity index (χ4n) is 3.01. The van der Waals surface area contributed by atoms with Crippen LogP contribution in [-0.2, 0) is 15.0 Å². The normalized spacial score (nSPS) is 14.6. The summed E-state index contributed by atoms with van der Waals surface area (Å²) >= 11 is 0. The van der Waals surface area contributed by atoms with E-state index in [4.69, 9.17) is 11.5 Å². The van der Waals surface area contributed by atoms with E-state index in [1.807, 2.05) is 24.3 Å². The zero-order valence-corrected chi connectivity index (χ0v) is 11.7. The molecule has 1 aliphatic rings. The van der Waals surface area contributed by atoms with Gasteiger partial charge in [0.15, 0.2) is 0 Å². The molecule has 0 heterocycles.